The molecular weight excluding hydrogens is 412 g/mol. The molecule has 0 saturated heterocycles. The highest BCUT2D eigenvalue weighted by Crippen LogP contribution is 2.29. The first kappa shape index (κ1) is 23.7. The molecule has 0 saturated carbocycles. The van der Waals surface area contributed by atoms with Gasteiger partial charge >= 0.3 is 12.1 Å². The van der Waals surface area contributed by atoms with E-state index in [1.54, 1.807) is 45.0 Å². The molecule has 0 fully saturated rings. The van der Waals surface area contributed by atoms with Crippen molar-refractivity contribution in [3.05, 3.63) is 71.3 Å². The Balaban J connectivity index is 2.11. The first-order valence-corrected chi connectivity index (χ1v) is 9.90. The number of esters is 1. The van der Waals surface area contributed by atoms with Crippen molar-refractivity contribution in [1.29, 1.82) is 0 Å². The molecule has 2 unspecified atom stereocenters. The highest BCUT2D eigenvalue weighted by atomic mass is 32.1. The van der Waals surface area contributed by atoms with Gasteiger partial charge in [-0.15, -0.1) is 0 Å². The van der Waals surface area contributed by atoms with Gasteiger partial charge in [-0.3, -0.25) is 4.79 Å². The molecule has 0 spiro atoms. The highest BCUT2D eigenvalue weighted by molar-refractivity contribution is 7.80. The molecule has 8 heteroatoms. The lowest BCUT2D eigenvalue weighted by molar-refractivity contribution is -0.148. The molecule has 0 bridgehead atoms. The SMILES string of the molecule is CC(C)(C)OC(=O)NCC(=O)OC(Cc1ccc(F)cc1F)C(S)c1ccccc1. The highest BCUT2D eigenvalue weighted by Gasteiger charge is 2.26. The van der Waals surface area contributed by atoms with Crippen molar-refractivity contribution in [3.63, 3.8) is 0 Å². The Morgan fingerprint density at radius 1 is 1.10 bits per heavy atom. The molecule has 0 aromatic heterocycles. The molecular formula is C22H25F2NO4S. The number of hydrogen-bond acceptors (Lipinski definition) is 5. The Kier molecular flexibility index (Phi) is 8.23. The van der Waals surface area contributed by atoms with Crippen LogP contribution in [-0.4, -0.2) is 30.3 Å². The fourth-order valence-electron chi connectivity index (χ4n) is 2.66. The summed E-state index contributed by atoms with van der Waals surface area (Å²) in [5.41, 5.74) is 0.241. The number of hydrogen-bond donors (Lipinski definition) is 2. The summed E-state index contributed by atoms with van der Waals surface area (Å²) < 4.78 is 37.9. The van der Waals surface area contributed by atoms with Crippen LogP contribution in [0.2, 0.25) is 0 Å². The van der Waals surface area contributed by atoms with Crippen LogP contribution >= 0.6 is 12.6 Å². The minimum Gasteiger partial charge on any atom is -0.459 e. The van der Waals surface area contributed by atoms with Crippen LogP contribution in [0.25, 0.3) is 0 Å². The fraction of sp³-hybridized carbons (Fsp3) is 0.364. The van der Waals surface area contributed by atoms with Crippen molar-refractivity contribution in [2.75, 3.05) is 6.54 Å². The molecule has 0 aliphatic carbocycles. The van der Waals surface area contributed by atoms with Gasteiger partial charge in [0, 0.05) is 12.5 Å². The molecule has 2 rings (SSSR count). The van der Waals surface area contributed by atoms with E-state index in [1.165, 1.54) is 6.07 Å². The third-order valence-corrected chi connectivity index (χ3v) is 4.62. The molecule has 2 aromatic carbocycles. The largest absolute Gasteiger partial charge is 0.459 e. The van der Waals surface area contributed by atoms with Gasteiger partial charge in [-0.05, 0) is 38.0 Å². The van der Waals surface area contributed by atoms with Crippen molar-refractivity contribution in [2.45, 2.75) is 44.1 Å². The first-order valence-electron chi connectivity index (χ1n) is 9.38. The standard InChI is InChI=1S/C22H25F2NO4S/c1-22(2,3)29-21(27)25-13-19(26)28-18(20(30)14-7-5-4-6-8-14)11-15-9-10-16(23)12-17(15)24/h4-10,12,18,20,30H,11,13H2,1-3H3,(H,25,27). The topological polar surface area (TPSA) is 64.6 Å². The number of thiol groups is 1. The molecule has 0 aliphatic heterocycles. The third kappa shape index (κ3) is 7.67. The van der Waals surface area contributed by atoms with Gasteiger partial charge in [0.25, 0.3) is 0 Å². The van der Waals surface area contributed by atoms with Crippen LogP contribution in [-0.2, 0) is 20.7 Å². The summed E-state index contributed by atoms with van der Waals surface area (Å²) in [6, 6.07) is 12.3. The van der Waals surface area contributed by atoms with Gasteiger partial charge in [-0.25, -0.2) is 13.6 Å². The van der Waals surface area contributed by atoms with Crippen molar-refractivity contribution in [2.24, 2.45) is 0 Å². The van der Waals surface area contributed by atoms with Crippen molar-refractivity contribution < 1.29 is 27.8 Å². The van der Waals surface area contributed by atoms with Gasteiger partial charge in [-0.2, -0.15) is 12.6 Å². The number of alkyl carbamates (subject to hydrolysis) is 1. The third-order valence-electron chi connectivity index (χ3n) is 3.99. The van der Waals surface area contributed by atoms with Gasteiger partial charge in [-0.1, -0.05) is 36.4 Å². The summed E-state index contributed by atoms with van der Waals surface area (Å²) >= 11 is 4.55. The summed E-state index contributed by atoms with van der Waals surface area (Å²) in [5, 5.41) is 1.75. The van der Waals surface area contributed by atoms with Crippen LogP contribution in [0.5, 0.6) is 0 Å². The number of amides is 1. The zero-order valence-corrected chi connectivity index (χ0v) is 17.9. The Morgan fingerprint density at radius 2 is 1.77 bits per heavy atom. The number of benzene rings is 2. The molecule has 5 nitrogen and oxygen atoms in total. The summed E-state index contributed by atoms with van der Waals surface area (Å²) in [4.78, 5) is 24.0. The minimum atomic E-state index is -0.858. The van der Waals surface area contributed by atoms with Gasteiger partial charge < -0.3 is 14.8 Å². The molecule has 2 aromatic rings. The molecule has 0 heterocycles. The van der Waals surface area contributed by atoms with Crippen LogP contribution in [0.4, 0.5) is 13.6 Å². The summed E-state index contributed by atoms with van der Waals surface area (Å²) in [5.74, 6) is -2.17. The van der Waals surface area contributed by atoms with Gasteiger partial charge in [0.2, 0.25) is 0 Å². The number of carbonyl (C=O) groups excluding carboxylic acids is 2. The molecule has 0 aliphatic rings. The van der Waals surface area contributed by atoms with E-state index in [0.717, 1.165) is 17.7 Å². The number of rotatable bonds is 7. The Bertz CT molecular complexity index is 871. The van der Waals surface area contributed by atoms with E-state index in [0.29, 0.717) is 0 Å². The van der Waals surface area contributed by atoms with Gasteiger partial charge in [0.05, 0.1) is 5.25 Å². The van der Waals surface area contributed by atoms with E-state index >= 15 is 0 Å². The Hall–Kier alpha value is -2.61. The van der Waals surface area contributed by atoms with Gasteiger partial charge in [0.1, 0.15) is 29.9 Å². The second-order valence-electron chi connectivity index (χ2n) is 7.68. The van der Waals surface area contributed by atoms with E-state index in [9.17, 15) is 18.4 Å². The number of ether oxygens (including phenoxy) is 2. The second-order valence-corrected chi connectivity index (χ2v) is 8.24. The lowest BCUT2D eigenvalue weighted by Crippen LogP contribution is -2.37. The monoisotopic (exact) mass is 437 g/mol. The normalized spacial score (nSPS) is 13.3. The van der Waals surface area contributed by atoms with Crippen LogP contribution in [0.3, 0.4) is 0 Å². The predicted molar refractivity (Wildman–Crippen MR) is 112 cm³/mol. The van der Waals surface area contributed by atoms with E-state index in [4.69, 9.17) is 9.47 Å². The lowest BCUT2D eigenvalue weighted by atomic mass is 10.00. The first-order chi connectivity index (χ1) is 14.0. The van der Waals surface area contributed by atoms with E-state index in [-0.39, 0.29) is 12.0 Å². The van der Waals surface area contributed by atoms with Crippen LogP contribution in [0, 0.1) is 11.6 Å². The molecule has 30 heavy (non-hydrogen) atoms. The smallest absolute Gasteiger partial charge is 0.408 e. The van der Waals surface area contributed by atoms with E-state index in [2.05, 4.69) is 17.9 Å². The Labute approximate surface area is 180 Å². The molecule has 162 valence electrons. The maximum Gasteiger partial charge on any atom is 0.408 e. The molecule has 0 radical (unpaired) electrons. The maximum absolute atomic E-state index is 14.1. The number of carbonyl (C=O) groups is 2. The van der Waals surface area contributed by atoms with Gasteiger partial charge in [0.15, 0.2) is 0 Å². The lowest BCUT2D eigenvalue weighted by Gasteiger charge is -2.25. The summed E-state index contributed by atoms with van der Waals surface area (Å²) in [7, 11) is 0. The van der Waals surface area contributed by atoms with Crippen molar-refractivity contribution in [3.8, 4) is 0 Å². The fourth-order valence-corrected chi connectivity index (χ4v) is 2.99. The quantitative estimate of drug-likeness (QED) is 0.490. The number of halogens is 2. The molecule has 2 atom stereocenters. The van der Waals surface area contributed by atoms with Crippen LogP contribution in [0.15, 0.2) is 48.5 Å². The maximum atomic E-state index is 14.1. The zero-order chi connectivity index (χ0) is 22.3. The van der Waals surface area contributed by atoms with Crippen molar-refractivity contribution >= 4 is 24.7 Å². The zero-order valence-electron chi connectivity index (χ0n) is 17.0. The molecule has 1 amide bonds. The van der Waals surface area contributed by atoms with E-state index in [1.807, 2.05) is 6.07 Å². The van der Waals surface area contributed by atoms with Crippen molar-refractivity contribution in [1.82, 2.24) is 5.32 Å². The summed E-state index contributed by atoms with van der Waals surface area (Å²) in [6.07, 6.45) is -1.64. The average molecular weight is 438 g/mol. The minimum absolute atomic E-state index is 0.0205. The average Bonchev–Trinajstić information content (AvgIpc) is 2.66. The van der Waals surface area contributed by atoms with E-state index < -0.39 is 47.2 Å². The van der Waals surface area contributed by atoms with Crippen LogP contribution in [0.1, 0.15) is 37.1 Å². The Morgan fingerprint density at radius 3 is 2.37 bits per heavy atom. The molecule has 1 N–H and O–H groups in total. The summed E-state index contributed by atoms with van der Waals surface area (Å²) in [6.45, 7) is 4.67. The predicted octanol–water partition coefficient (Wildman–Crippen LogP) is 4.61. The van der Waals surface area contributed by atoms with Crippen LogP contribution < -0.4 is 5.32 Å². The second kappa shape index (κ2) is 10.4. The number of nitrogens with one attached hydrogen (secondary N) is 1.